The van der Waals surface area contributed by atoms with Crippen LogP contribution in [0.15, 0.2) is 28.0 Å². The first-order valence-electron chi connectivity index (χ1n) is 7.98. The van der Waals surface area contributed by atoms with E-state index in [0.29, 0.717) is 0 Å². The van der Waals surface area contributed by atoms with E-state index in [9.17, 15) is 39.0 Å². The van der Waals surface area contributed by atoms with Crippen LogP contribution in [0.3, 0.4) is 0 Å². The van der Waals surface area contributed by atoms with Crippen LogP contribution in [-0.2, 0) is 20.2 Å². The average molecular weight is 479 g/mol. The Bertz CT molecular complexity index is 1370. The van der Waals surface area contributed by atoms with Crippen molar-refractivity contribution in [2.24, 2.45) is 0 Å². The molecule has 31 heavy (non-hydrogen) atoms. The van der Waals surface area contributed by atoms with Gasteiger partial charge in [-0.3, -0.25) is 9.11 Å². The Morgan fingerprint density at radius 3 is 2.03 bits per heavy atom. The van der Waals surface area contributed by atoms with E-state index < -0.39 is 77.1 Å². The highest BCUT2D eigenvalue weighted by Crippen LogP contribution is 2.40. The summed E-state index contributed by atoms with van der Waals surface area (Å²) in [6.07, 6.45) is -1.59. The van der Waals surface area contributed by atoms with Gasteiger partial charge in [-0.05, 0) is 23.8 Å². The molecule has 0 aromatic heterocycles. The largest absolute Gasteiger partial charge is 0.479 e. The van der Waals surface area contributed by atoms with Crippen LogP contribution in [0.25, 0.3) is 6.08 Å². The predicted octanol–water partition coefficient (Wildman–Crippen LogP) is 3.11. The molecule has 1 unspecified atom stereocenters. The van der Waals surface area contributed by atoms with Crippen LogP contribution in [0.4, 0.5) is 17.6 Å². The molecule has 8 nitrogen and oxygen atoms in total. The molecule has 0 spiro atoms. The first kappa shape index (κ1) is 22.7. The Morgan fingerprint density at radius 2 is 1.55 bits per heavy atom. The molecular weight excluding hydrogens is 470 g/mol. The predicted molar refractivity (Wildman–Crippen MR) is 94.8 cm³/mol. The maximum absolute atomic E-state index is 14.2. The van der Waals surface area contributed by atoms with Crippen molar-refractivity contribution in [3.63, 3.8) is 0 Å². The van der Waals surface area contributed by atoms with Crippen molar-refractivity contribution in [1.82, 2.24) is 0 Å². The molecule has 0 amide bonds. The Morgan fingerprint density at radius 1 is 0.968 bits per heavy atom. The second-order valence-corrected chi connectivity index (χ2v) is 9.13. The minimum atomic E-state index is -4.90. The summed E-state index contributed by atoms with van der Waals surface area (Å²) in [6, 6.07) is 3.61. The average Bonchev–Trinajstić information content (AvgIpc) is 2.68. The summed E-state index contributed by atoms with van der Waals surface area (Å²) in [4.78, 5) is -1.45. The van der Waals surface area contributed by atoms with Crippen molar-refractivity contribution in [1.29, 1.82) is 5.26 Å². The van der Waals surface area contributed by atoms with Gasteiger partial charge < -0.3 is 4.74 Å². The fourth-order valence-corrected chi connectivity index (χ4v) is 4.05. The summed E-state index contributed by atoms with van der Waals surface area (Å²) < 4.78 is 125. The highest BCUT2D eigenvalue weighted by Gasteiger charge is 2.33. The SMILES string of the molecule is N#Cc1c(F)c(F)c(OC2CC(S(=O)(=O)O)=Cc3cc(S(=O)(=O)O)ccc32)c(F)c1F. The number of nitrogens with zero attached hydrogens (tertiary/aromatic N) is 1. The Kier molecular flexibility index (Phi) is 5.57. The molecule has 0 saturated carbocycles. The van der Waals surface area contributed by atoms with E-state index in [1.165, 1.54) is 0 Å². The van der Waals surface area contributed by atoms with Gasteiger partial charge in [0.15, 0.2) is 17.4 Å². The lowest BCUT2D eigenvalue weighted by molar-refractivity contribution is 0.181. The van der Waals surface area contributed by atoms with Crippen LogP contribution in [0.2, 0.25) is 0 Å². The van der Waals surface area contributed by atoms with E-state index >= 15 is 0 Å². The highest BCUT2D eigenvalue weighted by molar-refractivity contribution is 7.90. The molecule has 0 fully saturated rings. The number of nitriles is 1. The molecule has 1 aliphatic carbocycles. The Balaban J connectivity index is 2.19. The van der Waals surface area contributed by atoms with E-state index in [1.54, 1.807) is 0 Å². The van der Waals surface area contributed by atoms with Crippen molar-refractivity contribution in [3.05, 3.63) is 63.1 Å². The third-order valence-corrected chi connectivity index (χ3v) is 6.13. The summed E-state index contributed by atoms with van der Waals surface area (Å²) in [7, 11) is -9.63. The van der Waals surface area contributed by atoms with Crippen molar-refractivity contribution in [3.8, 4) is 11.8 Å². The standard InChI is InChI=1S/C17H9F4NO7S2/c18-13-11(6-22)14(19)16(21)17(15(13)20)29-12-5-9(31(26,27)28)4-7-3-8(30(23,24)25)1-2-10(7)12/h1-4,12H,5H2,(H,23,24,25)(H,26,27,28). The third kappa shape index (κ3) is 4.12. The lowest BCUT2D eigenvalue weighted by Crippen LogP contribution is -2.19. The van der Waals surface area contributed by atoms with E-state index in [2.05, 4.69) is 0 Å². The normalized spacial score (nSPS) is 16.3. The lowest BCUT2D eigenvalue weighted by Gasteiger charge is -2.26. The summed E-state index contributed by atoms with van der Waals surface area (Å²) in [5.41, 5.74) is -1.86. The molecule has 2 aromatic rings. The van der Waals surface area contributed by atoms with Crippen molar-refractivity contribution >= 4 is 26.3 Å². The molecule has 2 aromatic carbocycles. The maximum Gasteiger partial charge on any atom is 0.294 e. The van der Waals surface area contributed by atoms with Gasteiger partial charge in [-0.1, -0.05) is 6.07 Å². The molecule has 2 N–H and O–H groups in total. The quantitative estimate of drug-likeness (QED) is 0.387. The first-order valence-corrected chi connectivity index (χ1v) is 10.9. The number of ether oxygens (including phenoxy) is 1. The topological polar surface area (TPSA) is 142 Å². The van der Waals surface area contributed by atoms with Crippen LogP contribution in [0, 0.1) is 34.6 Å². The summed E-state index contributed by atoms with van der Waals surface area (Å²) >= 11 is 0. The molecule has 0 saturated heterocycles. The molecule has 164 valence electrons. The number of hydrogen-bond acceptors (Lipinski definition) is 6. The molecule has 14 heteroatoms. The number of rotatable bonds is 4. The molecule has 0 bridgehead atoms. The summed E-state index contributed by atoms with van der Waals surface area (Å²) in [5.74, 6) is -9.80. The van der Waals surface area contributed by atoms with Gasteiger partial charge in [0.1, 0.15) is 17.7 Å². The van der Waals surface area contributed by atoms with Gasteiger partial charge in [0.25, 0.3) is 20.2 Å². The minimum Gasteiger partial charge on any atom is -0.479 e. The Labute approximate surface area is 172 Å². The van der Waals surface area contributed by atoms with Gasteiger partial charge in [-0.15, -0.1) is 0 Å². The van der Waals surface area contributed by atoms with Crippen molar-refractivity contribution in [2.75, 3.05) is 0 Å². The van der Waals surface area contributed by atoms with Crippen LogP contribution in [0.1, 0.15) is 29.2 Å². The molecule has 3 rings (SSSR count). The van der Waals surface area contributed by atoms with Crippen LogP contribution < -0.4 is 4.74 Å². The van der Waals surface area contributed by atoms with E-state index in [1.807, 2.05) is 0 Å². The monoisotopic (exact) mass is 479 g/mol. The fraction of sp³-hybridized carbons (Fsp3) is 0.118. The maximum atomic E-state index is 14.2. The zero-order valence-electron chi connectivity index (χ0n) is 14.8. The lowest BCUT2D eigenvalue weighted by atomic mass is 9.94. The number of benzene rings is 2. The second-order valence-electron chi connectivity index (χ2n) is 6.23. The van der Waals surface area contributed by atoms with Crippen molar-refractivity contribution < 1.29 is 48.2 Å². The van der Waals surface area contributed by atoms with E-state index in [0.717, 1.165) is 30.3 Å². The zero-order valence-corrected chi connectivity index (χ0v) is 16.4. The van der Waals surface area contributed by atoms with E-state index in [4.69, 9.17) is 14.6 Å². The van der Waals surface area contributed by atoms with Crippen molar-refractivity contribution in [2.45, 2.75) is 17.4 Å². The van der Waals surface area contributed by atoms with Gasteiger partial charge >= 0.3 is 0 Å². The molecule has 0 radical (unpaired) electrons. The fourth-order valence-electron chi connectivity index (χ4n) is 2.90. The highest BCUT2D eigenvalue weighted by atomic mass is 32.2. The smallest absolute Gasteiger partial charge is 0.294 e. The number of halogens is 4. The number of fused-ring (bicyclic) bond motifs is 1. The zero-order chi connectivity index (χ0) is 23.3. The van der Waals surface area contributed by atoms with Gasteiger partial charge in [0.05, 0.1) is 9.80 Å². The molecule has 0 heterocycles. The molecule has 0 aliphatic heterocycles. The number of hydrogen-bond donors (Lipinski definition) is 2. The van der Waals surface area contributed by atoms with Gasteiger partial charge in [0, 0.05) is 12.0 Å². The molecule has 1 aliphatic rings. The summed E-state index contributed by atoms with van der Waals surface area (Å²) in [6.45, 7) is 0. The van der Waals surface area contributed by atoms with Crippen LogP contribution in [-0.4, -0.2) is 25.9 Å². The van der Waals surface area contributed by atoms with Gasteiger partial charge in [-0.25, -0.2) is 8.78 Å². The van der Waals surface area contributed by atoms with Gasteiger partial charge in [-0.2, -0.15) is 30.9 Å². The second kappa shape index (κ2) is 7.61. The van der Waals surface area contributed by atoms with E-state index in [-0.39, 0.29) is 11.1 Å². The molecule has 1 atom stereocenters. The third-order valence-electron chi connectivity index (χ3n) is 4.33. The summed E-state index contributed by atoms with van der Waals surface area (Å²) in [5, 5.41) is 8.63. The van der Waals surface area contributed by atoms with Crippen LogP contribution >= 0.6 is 0 Å². The molecular formula is C17H9F4NO7S2. The first-order chi connectivity index (χ1) is 14.3. The minimum absolute atomic E-state index is 0.0798. The van der Waals surface area contributed by atoms with Crippen LogP contribution in [0.5, 0.6) is 5.75 Å². The van der Waals surface area contributed by atoms with Gasteiger partial charge in [0.2, 0.25) is 11.6 Å². The Hall–Kier alpha value is -2.99.